The van der Waals surface area contributed by atoms with Crippen molar-refractivity contribution in [3.8, 4) is 11.1 Å². The van der Waals surface area contributed by atoms with Gasteiger partial charge in [-0.15, -0.1) is 0 Å². The van der Waals surface area contributed by atoms with Gasteiger partial charge in [-0.3, -0.25) is 10.0 Å². The number of hydrogen-bond acceptors (Lipinski definition) is 3. The monoisotopic (exact) mass is 353 g/mol. The lowest BCUT2D eigenvalue weighted by atomic mass is 9.98. The van der Waals surface area contributed by atoms with Gasteiger partial charge < -0.3 is 0 Å². The van der Waals surface area contributed by atoms with E-state index in [-0.39, 0.29) is 11.2 Å². The maximum atomic E-state index is 11.7. The molecular formula is C21H23NO2S. The number of benzene rings is 2. The zero-order valence-electron chi connectivity index (χ0n) is 14.2. The fraction of sp³-hybridized carbons (Fsp3) is 0.286. The molecule has 1 atom stereocenters. The molecule has 0 fully saturated rings. The number of carbonyl (C=O) groups is 1. The second-order valence-electron chi connectivity index (χ2n) is 6.20. The van der Waals surface area contributed by atoms with E-state index >= 15 is 0 Å². The van der Waals surface area contributed by atoms with Crippen molar-refractivity contribution in [3.63, 3.8) is 0 Å². The zero-order valence-corrected chi connectivity index (χ0v) is 15.0. The normalized spacial score (nSPS) is 17.0. The molecule has 2 N–H and O–H groups in total. The topological polar surface area (TPSA) is 49.3 Å². The zero-order chi connectivity index (χ0) is 17.5. The van der Waals surface area contributed by atoms with E-state index in [1.807, 2.05) is 12.1 Å². The number of nitrogens with one attached hydrogen (secondary N) is 1. The molecule has 0 spiro atoms. The summed E-state index contributed by atoms with van der Waals surface area (Å²) in [5.41, 5.74) is 6.26. The summed E-state index contributed by atoms with van der Waals surface area (Å²) in [5.74, 6) is 0.607. The summed E-state index contributed by atoms with van der Waals surface area (Å²) >= 11 is 1.80. The van der Waals surface area contributed by atoms with Crippen LogP contribution in [0.2, 0.25) is 0 Å². The van der Waals surface area contributed by atoms with Crippen molar-refractivity contribution >= 4 is 17.7 Å². The first-order valence-corrected chi connectivity index (χ1v) is 9.73. The van der Waals surface area contributed by atoms with E-state index < -0.39 is 0 Å². The molecule has 0 heterocycles. The highest BCUT2D eigenvalue weighted by atomic mass is 32.2. The van der Waals surface area contributed by atoms with Crippen molar-refractivity contribution in [1.29, 1.82) is 0 Å². The highest BCUT2D eigenvalue weighted by molar-refractivity contribution is 8.00. The molecule has 0 bridgehead atoms. The second-order valence-corrected chi connectivity index (χ2v) is 7.51. The molecule has 0 radical (unpaired) electrons. The minimum absolute atomic E-state index is 0.185. The lowest BCUT2D eigenvalue weighted by Crippen LogP contribution is -2.28. The number of rotatable bonds is 6. The van der Waals surface area contributed by atoms with Gasteiger partial charge in [-0.05, 0) is 48.1 Å². The van der Waals surface area contributed by atoms with E-state index in [0.29, 0.717) is 0 Å². The lowest BCUT2D eigenvalue weighted by molar-refractivity contribution is -0.125. The summed E-state index contributed by atoms with van der Waals surface area (Å²) in [7, 11) is 0. The van der Waals surface area contributed by atoms with E-state index in [0.717, 1.165) is 37.0 Å². The minimum Gasteiger partial charge on any atom is -0.288 e. The minimum atomic E-state index is -0.357. The average molecular weight is 353 g/mol. The molecule has 0 saturated heterocycles. The van der Waals surface area contributed by atoms with Gasteiger partial charge in [0.25, 0.3) is 5.91 Å². The third kappa shape index (κ3) is 4.74. The average Bonchev–Trinajstić information content (AvgIpc) is 2.69. The summed E-state index contributed by atoms with van der Waals surface area (Å²) in [6.45, 7) is 0. The number of hydrogen-bond donors (Lipinski definition) is 2. The van der Waals surface area contributed by atoms with Crippen LogP contribution in [0, 0.1) is 0 Å². The van der Waals surface area contributed by atoms with Gasteiger partial charge >= 0.3 is 0 Å². The number of thioether (sulfide) groups is 1. The van der Waals surface area contributed by atoms with Gasteiger partial charge in [0.2, 0.25) is 0 Å². The summed E-state index contributed by atoms with van der Waals surface area (Å²) < 4.78 is 0. The molecule has 4 heteroatoms. The van der Waals surface area contributed by atoms with Crippen LogP contribution in [-0.4, -0.2) is 22.1 Å². The van der Waals surface area contributed by atoms with Crippen LogP contribution in [0.25, 0.3) is 11.1 Å². The molecule has 25 heavy (non-hydrogen) atoms. The molecule has 3 rings (SSSR count). The first-order chi connectivity index (χ1) is 12.3. The molecule has 3 nitrogen and oxygen atoms in total. The van der Waals surface area contributed by atoms with Crippen molar-refractivity contribution in [2.45, 2.75) is 30.9 Å². The van der Waals surface area contributed by atoms with Crippen molar-refractivity contribution in [2.75, 3.05) is 5.75 Å². The Hall–Kier alpha value is -2.04. The molecule has 2 aromatic rings. The Morgan fingerprint density at radius 3 is 2.52 bits per heavy atom. The lowest BCUT2D eigenvalue weighted by Gasteiger charge is -2.22. The largest absolute Gasteiger partial charge is 0.288 e. The quantitative estimate of drug-likeness (QED) is 0.589. The SMILES string of the molecule is O=C(NO)C1=CCCCC1SCCc1ccc(-c2ccccc2)cc1. The Bertz CT molecular complexity index is 725. The maximum absolute atomic E-state index is 11.7. The smallest absolute Gasteiger partial charge is 0.271 e. The van der Waals surface area contributed by atoms with Crippen molar-refractivity contribution < 1.29 is 10.0 Å². The number of carbonyl (C=O) groups excluding carboxylic acids is 1. The molecule has 0 saturated carbocycles. The van der Waals surface area contributed by atoms with Crippen LogP contribution in [-0.2, 0) is 11.2 Å². The first kappa shape index (κ1) is 17.8. The molecular weight excluding hydrogens is 330 g/mol. The van der Waals surface area contributed by atoms with Gasteiger partial charge in [0, 0.05) is 10.8 Å². The summed E-state index contributed by atoms with van der Waals surface area (Å²) in [5, 5.41) is 9.06. The van der Waals surface area contributed by atoms with Gasteiger partial charge in [-0.2, -0.15) is 11.8 Å². The fourth-order valence-electron chi connectivity index (χ4n) is 3.14. The van der Waals surface area contributed by atoms with Gasteiger partial charge in [0.1, 0.15) is 0 Å². The van der Waals surface area contributed by atoms with Crippen molar-refractivity contribution in [1.82, 2.24) is 5.48 Å². The molecule has 0 aliphatic heterocycles. The molecule has 1 aliphatic rings. The predicted octanol–water partition coefficient (Wildman–Crippen LogP) is 4.61. The van der Waals surface area contributed by atoms with Crippen molar-refractivity contribution in [3.05, 3.63) is 71.8 Å². The van der Waals surface area contributed by atoms with E-state index in [2.05, 4.69) is 48.5 Å². The number of allylic oxidation sites excluding steroid dienone is 1. The van der Waals surface area contributed by atoms with Crippen LogP contribution in [0.3, 0.4) is 0 Å². The van der Waals surface area contributed by atoms with Crippen LogP contribution >= 0.6 is 11.8 Å². The van der Waals surface area contributed by atoms with Crippen LogP contribution < -0.4 is 5.48 Å². The van der Waals surface area contributed by atoms with E-state index in [9.17, 15) is 4.79 Å². The summed E-state index contributed by atoms with van der Waals surface area (Å²) in [6.07, 6.45) is 5.95. The van der Waals surface area contributed by atoms with Crippen molar-refractivity contribution in [2.24, 2.45) is 0 Å². The number of amides is 1. The molecule has 1 unspecified atom stereocenters. The standard InChI is InChI=1S/C21H23NO2S/c23-21(22-24)19-8-4-5-9-20(19)25-15-14-16-10-12-18(13-11-16)17-6-2-1-3-7-17/h1-3,6-8,10-13,20,24H,4-5,9,14-15H2,(H,22,23). The second kappa shape index (κ2) is 8.88. The number of hydroxylamine groups is 1. The van der Waals surface area contributed by atoms with E-state index in [1.165, 1.54) is 16.7 Å². The van der Waals surface area contributed by atoms with E-state index in [4.69, 9.17) is 5.21 Å². The van der Waals surface area contributed by atoms with Crippen LogP contribution in [0.15, 0.2) is 66.2 Å². The summed E-state index contributed by atoms with van der Waals surface area (Å²) in [6, 6.07) is 19.1. The Labute approximate surface area is 153 Å². The molecule has 0 aromatic heterocycles. The Balaban J connectivity index is 1.54. The van der Waals surface area contributed by atoms with Gasteiger partial charge in [-0.25, -0.2) is 5.48 Å². The molecule has 2 aromatic carbocycles. The number of aryl methyl sites for hydroxylation is 1. The fourth-order valence-corrected chi connectivity index (χ4v) is 4.49. The Kier molecular flexibility index (Phi) is 6.31. The Morgan fingerprint density at radius 1 is 1.08 bits per heavy atom. The molecule has 1 aliphatic carbocycles. The Morgan fingerprint density at radius 2 is 1.80 bits per heavy atom. The predicted molar refractivity (Wildman–Crippen MR) is 104 cm³/mol. The maximum Gasteiger partial charge on any atom is 0.271 e. The van der Waals surface area contributed by atoms with Crippen LogP contribution in [0.5, 0.6) is 0 Å². The van der Waals surface area contributed by atoms with Crippen LogP contribution in [0.1, 0.15) is 24.8 Å². The van der Waals surface area contributed by atoms with E-state index in [1.54, 1.807) is 17.2 Å². The van der Waals surface area contributed by atoms with Crippen LogP contribution in [0.4, 0.5) is 0 Å². The first-order valence-electron chi connectivity index (χ1n) is 8.68. The van der Waals surface area contributed by atoms with Gasteiger partial charge in [0.05, 0.1) is 0 Å². The molecule has 1 amide bonds. The van der Waals surface area contributed by atoms with Gasteiger partial charge in [0.15, 0.2) is 0 Å². The molecule has 130 valence electrons. The highest BCUT2D eigenvalue weighted by Gasteiger charge is 2.23. The highest BCUT2D eigenvalue weighted by Crippen LogP contribution is 2.30. The third-order valence-electron chi connectivity index (χ3n) is 4.52. The van der Waals surface area contributed by atoms with Gasteiger partial charge in [-0.1, -0.05) is 60.7 Å². The third-order valence-corrected chi connectivity index (χ3v) is 5.85. The summed E-state index contributed by atoms with van der Waals surface area (Å²) in [4.78, 5) is 11.7.